The van der Waals surface area contributed by atoms with Crippen LogP contribution >= 0.6 is 0 Å². The zero-order valence-corrected chi connectivity index (χ0v) is 12.9. The minimum atomic E-state index is -0.461. The maximum atomic E-state index is 10.9. The molecule has 1 saturated heterocycles. The lowest BCUT2D eigenvalue weighted by Crippen LogP contribution is -2.36. The summed E-state index contributed by atoms with van der Waals surface area (Å²) in [5, 5.41) is 14.1. The molecule has 0 bridgehead atoms. The van der Waals surface area contributed by atoms with Gasteiger partial charge in [-0.15, -0.1) is 0 Å². The van der Waals surface area contributed by atoms with Crippen molar-refractivity contribution >= 4 is 5.88 Å². The van der Waals surface area contributed by atoms with E-state index in [1.54, 1.807) is 6.07 Å². The van der Waals surface area contributed by atoms with Gasteiger partial charge in [0.2, 0.25) is 0 Å². The highest BCUT2D eigenvalue weighted by Gasteiger charge is 2.33. The Morgan fingerprint density at radius 1 is 1.48 bits per heavy atom. The van der Waals surface area contributed by atoms with Crippen LogP contribution in [0.5, 0.6) is 0 Å². The summed E-state index contributed by atoms with van der Waals surface area (Å²) < 4.78 is 5.52. The van der Waals surface area contributed by atoms with Crippen LogP contribution < -0.4 is 5.32 Å². The van der Waals surface area contributed by atoms with E-state index in [-0.39, 0.29) is 11.9 Å². The smallest absolute Gasteiger partial charge is 0.404 e. The number of nitrogens with one attached hydrogen (secondary N) is 1. The van der Waals surface area contributed by atoms with Gasteiger partial charge in [-0.25, -0.2) is 0 Å². The first-order chi connectivity index (χ1) is 10.2. The van der Waals surface area contributed by atoms with Crippen LogP contribution in [0.25, 0.3) is 0 Å². The second kappa shape index (κ2) is 7.56. The van der Waals surface area contributed by atoms with Crippen molar-refractivity contribution < 1.29 is 9.34 Å². The highest BCUT2D eigenvalue weighted by Crippen LogP contribution is 2.36. The number of nitro groups is 1. The molecule has 0 spiro atoms. The Balaban J connectivity index is 2.29. The maximum Gasteiger partial charge on any atom is 0.433 e. The zero-order chi connectivity index (χ0) is 15.2. The molecule has 6 heteroatoms. The van der Waals surface area contributed by atoms with E-state index >= 15 is 0 Å². The van der Waals surface area contributed by atoms with E-state index in [0.29, 0.717) is 5.92 Å². The molecular weight excluding hydrogens is 270 g/mol. The average molecular weight is 295 g/mol. The highest BCUT2D eigenvalue weighted by atomic mass is 16.6. The third kappa shape index (κ3) is 3.83. The number of nitrogens with zero attached hydrogens (tertiary/aromatic N) is 2. The van der Waals surface area contributed by atoms with Gasteiger partial charge < -0.3 is 9.73 Å². The third-order valence-corrected chi connectivity index (χ3v) is 4.17. The summed E-state index contributed by atoms with van der Waals surface area (Å²) in [5.74, 6) is 1.00. The second-order valence-corrected chi connectivity index (χ2v) is 5.73. The molecule has 1 aromatic rings. The van der Waals surface area contributed by atoms with Crippen molar-refractivity contribution in [3.05, 3.63) is 28.0 Å². The molecule has 1 fully saturated rings. The molecule has 1 aliphatic heterocycles. The van der Waals surface area contributed by atoms with E-state index in [4.69, 9.17) is 4.42 Å². The van der Waals surface area contributed by atoms with Crippen LogP contribution in [0, 0.1) is 16.0 Å². The third-order valence-electron chi connectivity index (χ3n) is 4.17. The first kappa shape index (κ1) is 16.0. The van der Waals surface area contributed by atoms with Gasteiger partial charge in [0.1, 0.15) is 10.7 Å². The molecule has 0 aromatic carbocycles. The molecule has 0 radical (unpaired) electrons. The van der Waals surface area contributed by atoms with Crippen LogP contribution in [-0.4, -0.2) is 36.5 Å². The summed E-state index contributed by atoms with van der Waals surface area (Å²) in [7, 11) is 1.96. The minimum absolute atomic E-state index is 0.133. The van der Waals surface area contributed by atoms with Gasteiger partial charge in [0, 0.05) is 0 Å². The van der Waals surface area contributed by atoms with Gasteiger partial charge in [-0.3, -0.25) is 15.0 Å². The highest BCUT2D eigenvalue weighted by molar-refractivity contribution is 5.21. The van der Waals surface area contributed by atoms with Crippen molar-refractivity contribution in [3.8, 4) is 0 Å². The predicted molar refractivity (Wildman–Crippen MR) is 81.2 cm³/mol. The first-order valence-electron chi connectivity index (χ1n) is 7.80. The Morgan fingerprint density at radius 2 is 2.29 bits per heavy atom. The molecule has 2 heterocycles. The fourth-order valence-electron chi connectivity index (χ4n) is 3.34. The molecule has 6 nitrogen and oxygen atoms in total. The monoisotopic (exact) mass is 295 g/mol. The fourth-order valence-corrected chi connectivity index (χ4v) is 3.34. The average Bonchev–Trinajstić information content (AvgIpc) is 2.85. The molecular formula is C15H25N3O3. The molecule has 1 aromatic heterocycles. The lowest BCUT2D eigenvalue weighted by Gasteiger charge is -2.33. The molecule has 2 atom stereocenters. The number of furan rings is 1. The predicted octanol–water partition coefficient (Wildman–Crippen LogP) is 2.96. The summed E-state index contributed by atoms with van der Waals surface area (Å²) in [6.07, 6.45) is 4.58. The van der Waals surface area contributed by atoms with E-state index in [0.717, 1.165) is 38.2 Å². The Bertz CT molecular complexity index is 445. The van der Waals surface area contributed by atoms with Crippen molar-refractivity contribution in [2.45, 2.75) is 38.6 Å². The molecule has 0 saturated carbocycles. The minimum Gasteiger partial charge on any atom is -0.404 e. The molecule has 21 heavy (non-hydrogen) atoms. The molecule has 1 aliphatic rings. The first-order valence-corrected chi connectivity index (χ1v) is 7.80. The number of hydrogen-bond donors (Lipinski definition) is 1. The normalized spacial score (nSPS) is 23.9. The van der Waals surface area contributed by atoms with Crippen LogP contribution in [0.4, 0.5) is 5.88 Å². The van der Waals surface area contributed by atoms with Crippen LogP contribution in [0.1, 0.15) is 44.4 Å². The molecule has 118 valence electrons. The lowest BCUT2D eigenvalue weighted by atomic mass is 9.92. The summed E-state index contributed by atoms with van der Waals surface area (Å²) in [4.78, 5) is 12.8. The molecule has 0 amide bonds. The summed E-state index contributed by atoms with van der Waals surface area (Å²) in [6.45, 7) is 5.10. The summed E-state index contributed by atoms with van der Waals surface area (Å²) in [6, 6.07) is 3.38. The number of likely N-dealkylation sites (tertiary alicyclic amines) is 1. The van der Waals surface area contributed by atoms with Gasteiger partial charge in [0.05, 0.1) is 12.1 Å². The zero-order valence-electron chi connectivity index (χ0n) is 12.9. The molecule has 2 rings (SSSR count). The van der Waals surface area contributed by atoms with Crippen molar-refractivity contribution in [2.24, 2.45) is 5.92 Å². The topological polar surface area (TPSA) is 71.5 Å². The Hall–Kier alpha value is -1.40. The Morgan fingerprint density at radius 3 is 2.90 bits per heavy atom. The largest absolute Gasteiger partial charge is 0.433 e. The molecule has 0 aliphatic carbocycles. The second-order valence-electron chi connectivity index (χ2n) is 5.73. The van der Waals surface area contributed by atoms with Gasteiger partial charge in [0.25, 0.3) is 0 Å². The fraction of sp³-hybridized carbons (Fsp3) is 0.733. The molecule has 2 unspecified atom stereocenters. The van der Waals surface area contributed by atoms with E-state index in [9.17, 15) is 10.1 Å². The molecule has 1 N–H and O–H groups in total. The van der Waals surface area contributed by atoms with Crippen molar-refractivity contribution in [3.63, 3.8) is 0 Å². The van der Waals surface area contributed by atoms with Crippen LogP contribution in [0.15, 0.2) is 16.5 Å². The number of hydrogen-bond acceptors (Lipinski definition) is 5. The van der Waals surface area contributed by atoms with Crippen LogP contribution in [0.2, 0.25) is 0 Å². The van der Waals surface area contributed by atoms with Gasteiger partial charge in [-0.05, 0) is 57.9 Å². The Labute approximate surface area is 125 Å². The van der Waals surface area contributed by atoms with Crippen molar-refractivity contribution in [2.75, 3.05) is 26.7 Å². The maximum absolute atomic E-state index is 10.9. The van der Waals surface area contributed by atoms with E-state index in [2.05, 4.69) is 17.1 Å². The van der Waals surface area contributed by atoms with Gasteiger partial charge in [-0.1, -0.05) is 13.3 Å². The van der Waals surface area contributed by atoms with Crippen LogP contribution in [-0.2, 0) is 0 Å². The quantitative estimate of drug-likeness (QED) is 0.645. The van der Waals surface area contributed by atoms with Gasteiger partial charge in [-0.2, -0.15) is 0 Å². The van der Waals surface area contributed by atoms with Crippen molar-refractivity contribution in [1.29, 1.82) is 0 Å². The van der Waals surface area contributed by atoms with Gasteiger partial charge >= 0.3 is 5.88 Å². The summed E-state index contributed by atoms with van der Waals surface area (Å²) >= 11 is 0. The lowest BCUT2D eigenvalue weighted by molar-refractivity contribution is -0.402. The van der Waals surface area contributed by atoms with Gasteiger partial charge in [0.15, 0.2) is 0 Å². The van der Waals surface area contributed by atoms with Crippen molar-refractivity contribution in [1.82, 2.24) is 10.2 Å². The number of rotatable bonds is 6. The SMILES string of the molecule is CCCN1CCCCC(CNC)C1c1ccc([N+](=O)[O-])o1. The standard InChI is InChI=1S/C15H25N3O3/c1-3-9-17-10-5-4-6-12(11-16-2)15(17)13-7-8-14(21-13)18(19)20/h7-8,12,15-16H,3-6,9-11H2,1-2H3. The van der Waals surface area contributed by atoms with Crippen LogP contribution in [0.3, 0.4) is 0 Å². The van der Waals surface area contributed by atoms with E-state index in [1.807, 2.05) is 7.05 Å². The van der Waals surface area contributed by atoms with E-state index in [1.165, 1.54) is 18.9 Å². The Kier molecular flexibility index (Phi) is 5.76. The summed E-state index contributed by atoms with van der Waals surface area (Å²) in [5.41, 5.74) is 0. The van der Waals surface area contributed by atoms with E-state index < -0.39 is 4.92 Å².